The molecule has 2 nitrogen and oxygen atoms in total. The minimum Gasteiger partial charge on any atom is -0.349 e. The summed E-state index contributed by atoms with van der Waals surface area (Å²) in [6.07, 6.45) is 5.50. The maximum atomic E-state index is 12.3. The number of nitrogens with one attached hydrogen (secondary N) is 1. The lowest BCUT2D eigenvalue weighted by Crippen LogP contribution is -2.40. The van der Waals surface area contributed by atoms with Gasteiger partial charge in [0.1, 0.15) is 0 Å². The lowest BCUT2D eigenvalue weighted by molar-refractivity contribution is 0.0914. The molecule has 2 fully saturated rings. The minimum absolute atomic E-state index is 0.0836. The van der Waals surface area contributed by atoms with Gasteiger partial charge in [0.25, 0.3) is 5.91 Å². The molecule has 4 atom stereocenters. The first-order valence-electron chi connectivity index (χ1n) is 7.20. The van der Waals surface area contributed by atoms with E-state index < -0.39 is 0 Å². The summed E-state index contributed by atoms with van der Waals surface area (Å²) in [7, 11) is 0. The number of hydrogen-bond donors (Lipinski definition) is 1. The molecule has 1 aromatic rings. The predicted molar refractivity (Wildman–Crippen MR) is 85.0 cm³/mol. The van der Waals surface area contributed by atoms with Crippen LogP contribution < -0.4 is 5.32 Å². The van der Waals surface area contributed by atoms with Crippen molar-refractivity contribution in [2.75, 3.05) is 0 Å². The second-order valence-corrected chi connectivity index (χ2v) is 7.24. The minimum atomic E-state index is 0.0836. The Morgan fingerprint density at radius 2 is 2.11 bits per heavy atom. The average molecular weight is 369 g/mol. The zero-order valence-corrected chi connectivity index (χ0v) is 13.4. The summed E-state index contributed by atoms with van der Waals surface area (Å²) < 4.78 is 1.03. The van der Waals surface area contributed by atoms with Crippen LogP contribution in [0.3, 0.4) is 0 Å². The molecule has 19 heavy (non-hydrogen) atoms. The number of carbonyl (C=O) groups excluding carboxylic acids is 1. The van der Waals surface area contributed by atoms with E-state index in [1.807, 2.05) is 24.3 Å². The van der Waals surface area contributed by atoms with Gasteiger partial charge in [-0.1, -0.05) is 18.6 Å². The molecule has 0 heterocycles. The molecule has 2 bridgehead atoms. The Morgan fingerprint density at radius 1 is 1.32 bits per heavy atom. The Labute approximate surface area is 128 Å². The number of halogens is 1. The first-order valence-corrected chi connectivity index (χ1v) is 8.28. The van der Waals surface area contributed by atoms with Crippen molar-refractivity contribution in [1.82, 2.24) is 5.32 Å². The van der Waals surface area contributed by atoms with Gasteiger partial charge in [-0.3, -0.25) is 4.79 Å². The molecule has 3 heteroatoms. The first kappa shape index (κ1) is 13.4. The van der Waals surface area contributed by atoms with Crippen LogP contribution >= 0.6 is 22.6 Å². The molecule has 0 aromatic heterocycles. The second-order valence-electron chi connectivity index (χ2n) is 6.08. The number of carbonyl (C=O) groups is 1. The molecule has 102 valence electrons. The summed E-state index contributed by atoms with van der Waals surface area (Å²) in [5.41, 5.74) is 0.804. The third kappa shape index (κ3) is 2.67. The number of rotatable bonds is 3. The highest BCUT2D eigenvalue weighted by Crippen LogP contribution is 2.49. The molecule has 2 aliphatic carbocycles. The Bertz CT molecular complexity index is 487. The van der Waals surface area contributed by atoms with Gasteiger partial charge in [-0.15, -0.1) is 0 Å². The molecule has 0 unspecified atom stereocenters. The highest BCUT2D eigenvalue weighted by molar-refractivity contribution is 14.1. The molecule has 2 aliphatic rings. The summed E-state index contributed by atoms with van der Waals surface area (Å²) >= 11 is 2.23. The zero-order chi connectivity index (χ0) is 13.4. The van der Waals surface area contributed by atoms with E-state index in [4.69, 9.17) is 0 Å². The standard InChI is InChI=1S/C16H20INO/c1-10(14-9-11-6-7-12(14)8-11)18-16(19)13-4-2-3-5-15(13)17/h2-5,10-12,14H,6-9H2,1H3,(H,18,19)/t10-,11-,12-,14-/m1/s1. The van der Waals surface area contributed by atoms with Crippen molar-refractivity contribution in [3.8, 4) is 0 Å². The third-order valence-electron chi connectivity index (χ3n) is 4.91. The molecule has 0 spiro atoms. The van der Waals surface area contributed by atoms with Crippen molar-refractivity contribution < 1.29 is 4.79 Å². The van der Waals surface area contributed by atoms with Gasteiger partial charge in [-0.05, 0) is 78.7 Å². The fourth-order valence-corrected chi connectivity index (χ4v) is 4.58. The van der Waals surface area contributed by atoms with E-state index >= 15 is 0 Å². The van der Waals surface area contributed by atoms with Crippen molar-refractivity contribution in [2.24, 2.45) is 17.8 Å². The highest BCUT2D eigenvalue weighted by Gasteiger charge is 2.42. The average Bonchev–Trinajstić information content (AvgIpc) is 3.01. The third-order valence-corrected chi connectivity index (χ3v) is 5.85. The van der Waals surface area contributed by atoms with E-state index in [0.29, 0.717) is 12.0 Å². The number of benzene rings is 1. The number of amides is 1. The molecule has 1 N–H and O–H groups in total. The smallest absolute Gasteiger partial charge is 0.252 e. The van der Waals surface area contributed by atoms with Crippen molar-refractivity contribution in [2.45, 2.75) is 38.6 Å². The molecule has 1 aromatic carbocycles. The van der Waals surface area contributed by atoms with Crippen LogP contribution in [0.5, 0.6) is 0 Å². The summed E-state index contributed by atoms with van der Waals surface area (Å²) in [5.74, 6) is 2.57. The van der Waals surface area contributed by atoms with E-state index in [9.17, 15) is 4.79 Å². The van der Waals surface area contributed by atoms with Gasteiger partial charge < -0.3 is 5.32 Å². The molecule has 1 amide bonds. The maximum Gasteiger partial charge on any atom is 0.252 e. The maximum absolute atomic E-state index is 12.3. The summed E-state index contributed by atoms with van der Waals surface area (Å²) in [5, 5.41) is 3.22. The van der Waals surface area contributed by atoms with Crippen LogP contribution in [0.2, 0.25) is 0 Å². The monoisotopic (exact) mass is 369 g/mol. The Hall–Kier alpha value is -0.580. The molecule has 0 saturated heterocycles. The van der Waals surface area contributed by atoms with Gasteiger partial charge in [-0.2, -0.15) is 0 Å². The number of fused-ring (bicyclic) bond motifs is 2. The van der Waals surface area contributed by atoms with E-state index in [1.165, 1.54) is 25.7 Å². The van der Waals surface area contributed by atoms with E-state index in [0.717, 1.165) is 21.0 Å². The zero-order valence-electron chi connectivity index (χ0n) is 11.2. The second kappa shape index (κ2) is 5.43. The van der Waals surface area contributed by atoms with E-state index in [1.54, 1.807) is 0 Å². The van der Waals surface area contributed by atoms with Crippen LogP contribution in [0, 0.1) is 21.3 Å². The van der Waals surface area contributed by atoms with Gasteiger partial charge in [0, 0.05) is 9.61 Å². The molecule has 0 aliphatic heterocycles. The fourth-order valence-electron chi connectivity index (χ4n) is 3.94. The van der Waals surface area contributed by atoms with E-state index in [2.05, 4.69) is 34.8 Å². The lowest BCUT2D eigenvalue weighted by atomic mass is 9.84. The lowest BCUT2D eigenvalue weighted by Gasteiger charge is -2.28. The molecular weight excluding hydrogens is 349 g/mol. The first-order chi connectivity index (χ1) is 9.15. The normalized spacial score (nSPS) is 30.3. The van der Waals surface area contributed by atoms with Gasteiger partial charge in [0.05, 0.1) is 5.56 Å². The quantitative estimate of drug-likeness (QED) is 0.806. The van der Waals surface area contributed by atoms with Gasteiger partial charge in [-0.25, -0.2) is 0 Å². The highest BCUT2D eigenvalue weighted by atomic mass is 127. The van der Waals surface area contributed by atoms with Crippen molar-refractivity contribution in [3.05, 3.63) is 33.4 Å². The van der Waals surface area contributed by atoms with Crippen LogP contribution in [0.4, 0.5) is 0 Å². The Kier molecular flexibility index (Phi) is 3.83. The van der Waals surface area contributed by atoms with E-state index in [-0.39, 0.29) is 5.91 Å². The largest absolute Gasteiger partial charge is 0.349 e. The summed E-state index contributed by atoms with van der Waals surface area (Å²) in [6.45, 7) is 2.18. The Morgan fingerprint density at radius 3 is 2.74 bits per heavy atom. The number of hydrogen-bond acceptors (Lipinski definition) is 1. The van der Waals surface area contributed by atoms with Gasteiger partial charge in [0.2, 0.25) is 0 Å². The van der Waals surface area contributed by atoms with Crippen LogP contribution in [-0.2, 0) is 0 Å². The van der Waals surface area contributed by atoms with Crippen molar-refractivity contribution in [3.63, 3.8) is 0 Å². The summed E-state index contributed by atoms with van der Waals surface area (Å²) in [4.78, 5) is 12.3. The molecule has 3 rings (SSSR count). The van der Waals surface area contributed by atoms with Gasteiger partial charge >= 0.3 is 0 Å². The predicted octanol–water partition coefficient (Wildman–Crippen LogP) is 3.85. The van der Waals surface area contributed by atoms with Crippen molar-refractivity contribution >= 4 is 28.5 Å². The van der Waals surface area contributed by atoms with Crippen LogP contribution in [0.25, 0.3) is 0 Å². The molecular formula is C16H20INO. The SMILES string of the molecule is C[C@@H](NC(=O)c1ccccc1I)[C@H]1C[C@@H]2CC[C@@H]1C2. The van der Waals surface area contributed by atoms with Crippen LogP contribution in [0.15, 0.2) is 24.3 Å². The van der Waals surface area contributed by atoms with Crippen LogP contribution in [-0.4, -0.2) is 11.9 Å². The van der Waals surface area contributed by atoms with Crippen molar-refractivity contribution in [1.29, 1.82) is 0 Å². The fraction of sp³-hybridized carbons (Fsp3) is 0.562. The Balaban J connectivity index is 1.65. The molecule has 0 radical (unpaired) electrons. The summed E-state index contributed by atoms with van der Waals surface area (Å²) in [6, 6.07) is 8.10. The molecule has 2 saturated carbocycles. The topological polar surface area (TPSA) is 29.1 Å². The van der Waals surface area contributed by atoms with Crippen LogP contribution in [0.1, 0.15) is 43.0 Å². The van der Waals surface area contributed by atoms with Gasteiger partial charge in [0.15, 0.2) is 0 Å².